The van der Waals surface area contributed by atoms with Gasteiger partial charge < -0.3 is 15.8 Å². The summed E-state index contributed by atoms with van der Waals surface area (Å²) in [5.41, 5.74) is 5.83. The number of amides is 1. The van der Waals surface area contributed by atoms with Crippen LogP contribution in [0.1, 0.15) is 13.8 Å². The molecule has 1 aromatic carbocycles. The molecule has 0 aliphatic heterocycles. The molecule has 6 nitrogen and oxygen atoms in total. The van der Waals surface area contributed by atoms with Gasteiger partial charge in [0.05, 0.1) is 0 Å². The minimum Gasteiger partial charge on any atom is -0.492 e. The Balaban J connectivity index is 2.77. The SMILES string of the molecule is CC(C)(C(=O)Nc1ccc(OCCN)cc1)S(C)(=O)=O. The van der Waals surface area contributed by atoms with Crippen molar-refractivity contribution < 1.29 is 17.9 Å². The molecule has 1 amide bonds. The fraction of sp³-hybridized carbons (Fsp3) is 0.462. The summed E-state index contributed by atoms with van der Waals surface area (Å²) in [6.45, 7) is 3.57. The smallest absolute Gasteiger partial charge is 0.245 e. The van der Waals surface area contributed by atoms with E-state index in [4.69, 9.17) is 10.5 Å². The fourth-order valence-corrected chi connectivity index (χ4v) is 1.65. The Hall–Kier alpha value is -1.60. The molecule has 1 rings (SSSR count). The van der Waals surface area contributed by atoms with Crippen LogP contribution in [-0.2, 0) is 14.6 Å². The van der Waals surface area contributed by atoms with Gasteiger partial charge in [0.25, 0.3) is 0 Å². The van der Waals surface area contributed by atoms with Crippen molar-refractivity contribution >= 4 is 21.4 Å². The molecule has 0 aliphatic rings. The maximum Gasteiger partial charge on any atom is 0.245 e. The molecule has 0 fully saturated rings. The zero-order valence-electron chi connectivity index (χ0n) is 11.8. The highest BCUT2D eigenvalue weighted by molar-refractivity contribution is 7.92. The first-order valence-corrected chi connectivity index (χ1v) is 8.01. The summed E-state index contributed by atoms with van der Waals surface area (Å²) >= 11 is 0. The van der Waals surface area contributed by atoms with Gasteiger partial charge in [-0.25, -0.2) is 8.42 Å². The van der Waals surface area contributed by atoms with E-state index in [0.29, 0.717) is 24.6 Å². The molecule has 7 heteroatoms. The molecule has 112 valence electrons. The van der Waals surface area contributed by atoms with Crippen LogP contribution >= 0.6 is 0 Å². The van der Waals surface area contributed by atoms with Gasteiger partial charge in [0, 0.05) is 18.5 Å². The van der Waals surface area contributed by atoms with Crippen LogP contribution in [0.15, 0.2) is 24.3 Å². The van der Waals surface area contributed by atoms with Crippen molar-refractivity contribution in [3.63, 3.8) is 0 Å². The Bertz CT molecular complexity index is 565. The molecule has 0 saturated heterocycles. The summed E-state index contributed by atoms with van der Waals surface area (Å²) in [7, 11) is -3.49. The molecule has 0 aliphatic carbocycles. The van der Waals surface area contributed by atoms with Crippen LogP contribution in [0.5, 0.6) is 5.75 Å². The predicted octanol–water partition coefficient (Wildman–Crippen LogP) is 0.786. The van der Waals surface area contributed by atoms with E-state index in [9.17, 15) is 13.2 Å². The molecular formula is C13H20N2O4S. The van der Waals surface area contributed by atoms with Gasteiger partial charge >= 0.3 is 0 Å². The molecule has 0 saturated carbocycles. The number of nitrogens with one attached hydrogen (secondary N) is 1. The first-order chi connectivity index (χ1) is 9.18. The second kappa shape index (κ2) is 6.23. The lowest BCUT2D eigenvalue weighted by Gasteiger charge is -2.21. The number of rotatable bonds is 6. The van der Waals surface area contributed by atoms with E-state index in [0.717, 1.165) is 6.26 Å². The fourth-order valence-electron chi connectivity index (χ4n) is 1.26. The Morgan fingerprint density at radius 2 is 1.85 bits per heavy atom. The molecule has 0 bridgehead atoms. The van der Waals surface area contributed by atoms with Crippen molar-refractivity contribution in [2.75, 3.05) is 24.7 Å². The average molecular weight is 300 g/mol. The predicted molar refractivity (Wildman–Crippen MR) is 78.5 cm³/mol. The Morgan fingerprint density at radius 1 is 1.30 bits per heavy atom. The molecule has 0 heterocycles. The lowest BCUT2D eigenvalue weighted by molar-refractivity contribution is -0.117. The number of carbonyl (C=O) groups is 1. The second-order valence-corrected chi connectivity index (χ2v) is 7.46. The van der Waals surface area contributed by atoms with Crippen LogP contribution in [0.25, 0.3) is 0 Å². The minimum absolute atomic E-state index is 0.410. The molecule has 0 spiro atoms. The third kappa shape index (κ3) is 3.94. The molecule has 0 unspecified atom stereocenters. The standard InChI is InChI=1S/C13H20N2O4S/c1-13(2,20(3,17)18)12(16)15-10-4-6-11(7-5-10)19-9-8-14/h4-7H,8-9,14H2,1-3H3,(H,15,16). The van der Waals surface area contributed by atoms with Gasteiger partial charge in [-0.05, 0) is 38.1 Å². The second-order valence-electron chi connectivity index (χ2n) is 4.90. The Morgan fingerprint density at radius 3 is 2.30 bits per heavy atom. The maximum atomic E-state index is 12.0. The van der Waals surface area contributed by atoms with Crippen LogP contribution in [0, 0.1) is 0 Å². The first-order valence-electron chi connectivity index (χ1n) is 6.12. The summed E-state index contributed by atoms with van der Waals surface area (Å²) in [6.07, 6.45) is 1.04. The molecule has 1 aromatic rings. The summed E-state index contributed by atoms with van der Waals surface area (Å²) in [4.78, 5) is 12.0. The van der Waals surface area contributed by atoms with Crippen molar-refractivity contribution in [2.24, 2.45) is 5.73 Å². The third-order valence-corrected chi connectivity index (χ3v) is 5.01. The Kier molecular flexibility index (Phi) is 5.13. The summed E-state index contributed by atoms with van der Waals surface area (Å²) in [5, 5.41) is 2.57. The zero-order valence-corrected chi connectivity index (χ0v) is 12.7. The van der Waals surface area contributed by atoms with Crippen molar-refractivity contribution in [1.82, 2.24) is 0 Å². The lowest BCUT2D eigenvalue weighted by Crippen LogP contribution is -2.43. The summed E-state index contributed by atoms with van der Waals surface area (Å²) in [6, 6.07) is 6.64. The van der Waals surface area contributed by atoms with Crippen molar-refractivity contribution in [3.8, 4) is 5.75 Å². The minimum atomic E-state index is -3.49. The number of anilines is 1. The molecule has 20 heavy (non-hydrogen) atoms. The van der Waals surface area contributed by atoms with E-state index < -0.39 is 20.5 Å². The number of benzene rings is 1. The first kappa shape index (κ1) is 16.5. The van der Waals surface area contributed by atoms with Gasteiger partial charge in [-0.15, -0.1) is 0 Å². The number of nitrogens with two attached hydrogens (primary N) is 1. The third-order valence-electron chi connectivity index (χ3n) is 2.97. The van der Waals surface area contributed by atoms with E-state index in [1.54, 1.807) is 24.3 Å². The number of sulfone groups is 1. The van der Waals surface area contributed by atoms with Gasteiger partial charge in [0.1, 0.15) is 17.1 Å². The molecule has 0 atom stereocenters. The monoisotopic (exact) mass is 300 g/mol. The van der Waals surface area contributed by atoms with Crippen molar-refractivity contribution in [3.05, 3.63) is 24.3 Å². The van der Waals surface area contributed by atoms with Crippen molar-refractivity contribution in [1.29, 1.82) is 0 Å². The molecule has 0 aromatic heterocycles. The molecule has 3 N–H and O–H groups in total. The van der Waals surface area contributed by atoms with E-state index in [1.165, 1.54) is 13.8 Å². The normalized spacial score (nSPS) is 12.0. The van der Waals surface area contributed by atoms with Crippen LogP contribution in [0.4, 0.5) is 5.69 Å². The number of ether oxygens (including phenoxy) is 1. The quantitative estimate of drug-likeness (QED) is 0.809. The Labute approximate surface area is 119 Å². The highest BCUT2D eigenvalue weighted by Crippen LogP contribution is 2.20. The summed E-state index contributed by atoms with van der Waals surface area (Å²) < 4.78 is 26.9. The van der Waals surface area contributed by atoms with E-state index in [2.05, 4.69) is 5.32 Å². The molecule has 0 radical (unpaired) electrons. The number of carbonyl (C=O) groups excluding carboxylic acids is 1. The largest absolute Gasteiger partial charge is 0.492 e. The van der Waals surface area contributed by atoms with E-state index in [-0.39, 0.29) is 0 Å². The number of hydrogen-bond donors (Lipinski definition) is 2. The zero-order chi connectivity index (χ0) is 15.4. The maximum absolute atomic E-state index is 12.0. The van der Waals surface area contributed by atoms with Crippen LogP contribution < -0.4 is 15.8 Å². The van der Waals surface area contributed by atoms with Gasteiger partial charge in [-0.1, -0.05) is 0 Å². The van der Waals surface area contributed by atoms with Crippen LogP contribution in [-0.4, -0.2) is 38.5 Å². The molecular weight excluding hydrogens is 280 g/mol. The summed E-state index contributed by atoms with van der Waals surface area (Å²) in [5.74, 6) is 0.0615. The van der Waals surface area contributed by atoms with Gasteiger partial charge in [-0.3, -0.25) is 4.79 Å². The lowest BCUT2D eigenvalue weighted by atomic mass is 10.2. The topological polar surface area (TPSA) is 98.5 Å². The van der Waals surface area contributed by atoms with Crippen molar-refractivity contribution in [2.45, 2.75) is 18.6 Å². The van der Waals surface area contributed by atoms with Gasteiger partial charge in [0.15, 0.2) is 9.84 Å². The van der Waals surface area contributed by atoms with E-state index >= 15 is 0 Å². The highest BCUT2D eigenvalue weighted by atomic mass is 32.2. The average Bonchev–Trinajstić information content (AvgIpc) is 2.36. The number of hydrogen-bond acceptors (Lipinski definition) is 5. The van der Waals surface area contributed by atoms with Gasteiger partial charge in [-0.2, -0.15) is 0 Å². The van der Waals surface area contributed by atoms with E-state index in [1.807, 2.05) is 0 Å². The van der Waals surface area contributed by atoms with Crippen LogP contribution in [0.2, 0.25) is 0 Å². The highest BCUT2D eigenvalue weighted by Gasteiger charge is 2.38. The van der Waals surface area contributed by atoms with Gasteiger partial charge in [0.2, 0.25) is 5.91 Å². The van der Waals surface area contributed by atoms with Crippen LogP contribution in [0.3, 0.4) is 0 Å².